The molecule has 8 heavy (non-hydrogen) atoms. The Hall–Kier alpha value is 0.320. The molecule has 0 aromatic heterocycles. The van der Waals surface area contributed by atoms with Crippen molar-refractivity contribution >= 4 is 8.46 Å². The molecule has 0 spiro atoms. The topological polar surface area (TPSA) is 9.23 Å². The lowest BCUT2D eigenvalue weighted by Crippen LogP contribution is -1.95. The smallest absolute Gasteiger partial charge is 0.216 e. The van der Waals surface area contributed by atoms with Crippen LogP contribution >= 0.6 is 8.46 Å². The van der Waals surface area contributed by atoms with Crippen LogP contribution < -0.4 is 0 Å². The van der Waals surface area contributed by atoms with Gasteiger partial charge in [0, 0.05) is 6.66 Å². The van der Waals surface area contributed by atoms with Crippen molar-refractivity contribution in [1.82, 2.24) is 0 Å². The lowest BCUT2D eigenvalue weighted by atomic mass is 10.2. The third kappa shape index (κ3) is 6.32. The molecule has 50 valence electrons. The largest absolute Gasteiger partial charge is 0.330 e. The Morgan fingerprint density at radius 3 is 2.25 bits per heavy atom. The quantitative estimate of drug-likeness (QED) is 0.544. The minimum Gasteiger partial charge on any atom is -0.330 e. The lowest BCUT2D eigenvalue weighted by Gasteiger charge is -2.04. The van der Waals surface area contributed by atoms with Gasteiger partial charge in [0.1, 0.15) is 0 Å². The van der Waals surface area contributed by atoms with Crippen molar-refractivity contribution in [3.05, 3.63) is 0 Å². The molecular weight excluding hydrogens is 126 g/mol. The molecule has 0 radical (unpaired) electrons. The maximum absolute atomic E-state index is 11.9. The molecular formula is C5H12FOP. The highest BCUT2D eigenvalue weighted by Crippen LogP contribution is 2.33. The third-order valence-corrected chi connectivity index (χ3v) is 1.09. The van der Waals surface area contributed by atoms with E-state index in [1.54, 1.807) is 0 Å². The molecule has 0 aromatic carbocycles. The molecule has 1 atom stereocenters. The van der Waals surface area contributed by atoms with Crippen molar-refractivity contribution in [1.29, 1.82) is 0 Å². The van der Waals surface area contributed by atoms with Gasteiger partial charge >= 0.3 is 0 Å². The molecule has 0 aromatic rings. The van der Waals surface area contributed by atoms with Gasteiger partial charge in [-0.15, -0.1) is 0 Å². The molecule has 0 saturated heterocycles. The standard InChI is InChI=1S/C5H12FOP/c1-5(2)4-7-8(3)6/h5H,4H2,1-3H3. The van der Waals surface area contributed by atoms with E-state index in [-0.39, 0.29) is 0 Å². The molecule has 0 amide bonds. The summed E-state index contributed by atoms with van der Waals surface area (Å²) in [5.74, 6) is 0.440. The zero-order valence-corrected chi connectivity index (χ0v) is 6.41. The van der Waals surface area contributed by atoms with Gasteiger partial charge in [-0.1, -0.05) is 13.8 Å². The highest BCUT2D eigenvalue weighted by atomic mass is 31.2. The van der Waals surface area contributed by atoms with E-state index >= 15 is 0 Å². The average molecular weight is 138 g/mol. The molecule has 3 heteroatoms. The summed E-state index contributed by atoms with van der Waals surface area (Å²) in [4.78, 5) is 0. The Kier molecular flexibility index (Phi) is 4.39. The zero-order chi connectivity index (χ0) is 6.57. The zero-order valence-electron chi connectivity index (χ0n) is 5.52. The van der Waals surface area contributed by atoms with Gasteiger partial charge in [0.15, 0.2) is 0 Å². The summed E-state index contributed by atoms with van der Waals surface area (Å²) in [6, 6.07) is 0. The predicted octanol–water partition coefficient (Wildman–Crippen LogP) is 2.57. The van der Waals surface area contributed by atoms with Crippen LogP contribution in [0.2, 0.25) is 0 Å². The van der Waals surface area contributed by atoms with Crippen molar-refractivity contribution in [3.8, 4) is 0 Å². The van der Waals surface area contributed by atoms with Gasteiger partial charge in [-0.3, -0.25) is 0 Å². The Bertz CT molecular complexity index is 48.4. The molecule has 1 unspecified atom stereocenters. The normalized spacial score (nSPS) is 14.6. The number of hydrogen-bond acceptors (Lipinski definition) is 1. The second-order valence-corrected chi connectivity index (χ2v) is 3.21. The first kappa shape index (κ1) is 8.32. The maximum atomic E-state index is 11.9. The van der Waals surface area contributed by atoms with Crippen LogP contribution in [0.5, 0.6) is 0 Å². The van der Waals surface area contributed by atoms with Gasteiger partial charge in [-0.25, -0.2) is 0 Å². The molecule has 0 bridgehead atoms. The van der Waals surface area contributed by atoms with E-state index < -0.39 is 8.46 Å². The summed E-state index contributed by atoms with van der Waals surface area (Å²) in [7, 11) is -1.63. The number of hydrogen-bond donors (Lipinski definition) is 0. The van der Waals surface area contributed by atoms with E-state index in [9.17, 15) is 4.20 Å². The first-order chi connectivity index (χ1) is 3.63. The fraction of sp³-hybridized carbons (Fsp3) is 1.00. The van der Waals surface area contributed by atoms with Crippen molar-refractivity contribution in [2.75, 3.05) is 13.3 Å². The van der Waals surface area contributed by atoms with Crippen molar-refractivity contribution < 1.29 is 8.72 Å². The van der Waals surface area contributed by atoms with E-state index in [0.717, 1.165) is 0 Å². The fourth-order valence-corrected chi connectivity index (χ4v) is 0.755. The third-order valence-electron chi connectivity index (χ3n) is 0.586. The molecule has 1 nitrogen and oxygen atoms in total. The Balaban J connectivity index is 2.93. The summed E-state index contributed by atoms with van der Waals surface area (Å²) < 4.78 is 16.6. The van der Waals surface area contributed by atoms with Crippen molar-refractivity contribution in [2.24, 2.45) is 5.92 Å². The SMILES string of the molecule is CC(C)COP(C)F. The van der Waals surface area contributed by atoms with Gasteiger partial charge in [0.2, 0.25) is 8.46 Å². The molecule has 0 heterocycles. The molecule has 0 aliphatic rings. The highest BCUT2D eigenvalue weighted by Gasteiger charge is 1.98. The first-order valence-electron chi connectivity index (χ1n) is 2.65. The monoisotopic (exact) mass is 138 g/mol. The summed E-state index contributed by atoms with van der Waals surface area (Å²) in [5, 5.41) is 0. The van der Waals surface area contributed by atoms with Gasteiger partial charge in [0.25, 0.3) is 0 Å². The van der Waals surface area contributed by atoms with Crippen LogP contribution in [-0.2, 0) is 4.52 Å². The predicted molar refractivity (Wildman–Crippen MR) is 34.7 cm³/mol. The minimum absolute atomic E-state index is 0.440. The second-order valence-electron chi connectivity index (χ2n) is 2.11. The summed E-state index contributed by atoms with van der Waals surface area (Å²) >= 11 is 0. The van der Waals surface area contributed by atoms with Crippen LogP contribution in [0, 0.1) is 5.92 Å². The van der Waals surface area contributed by atoms with Gasteiger partial charge < -0.3 is 4.52 Å². The number of rotatable bonds is 3. The minimum atomic E-state index is -1.63. The van der Waals surface area contributed by atoms with Crippen LogP contribution in [0.3, 0.4) is 0 Å². The van der Waals surface area contributed by atoms with Crippen LogP contribution in [0.15, 0.2) is 0 Å². The van der Waals surface area contributed by atoms with Crippen LogP contribution in [-0.4, -0.2) is 13.3 Å². The van der Waals surface area contributed by atoms with E-state index in [1.807, 2.05) is 13.8 Å². The summed E-state index contributed by atoms with van der Waals surface area (Å²) in [5.41, 5.74) is 0. The van der Waals surface area contributed by atoms with Crippen molar-refractivity contribution in [3.63, 3.8) is 0 Å². The number of halogens is 1. The molecule has 0 rings (SSSR count). The summed E-state index contributed by atoms with van der Waals surface area (Å²) in [6.45, 7) is 5.99. The van der Waals surface area contributed by atoms with Gasteiger partial charge in [-0.05, 0) is 5.92 Å². The molecule has 0 saturated carbocycles. The average Bonchev–Trinajstić information content (AvgIpc) is 1.61. The second kappa shape index (κ2) is 4.22. The molecule has 0 aliphatic heterocycles. The molecule has 0 aliphatic carbocycles. The van der Waals surface area contributed by atoms with E-state index in [1.165, 1.54) is 6.66 Å². The van der Waals surface area contributed by atoms with Crippen molar-refractivity contribution in [2.45, 2.75) is 13.8 Å². The lowest BCUT2D eigenvalue weighted by molar-refractivity contribution is 0.286. The van der Waals surface area contributed by atoms with E-state index in [4.69, 9.17) is 4.52 Å². The Morgan fingerprint density at radius 2 is 2.12 bits per heavy atom. The van der Waals surface area contributed by atoms with Crippen LogP contribution in [0.25, 0.3) is 0 Å². The highest BCUT2D eigenvalue weighted by molar-refractivity contribution is 7.45. The molecule has 0 fully saturated rings. The van der Waals surface area contributed by atoms with Crippen LogP contribution in [0.1, 0.15) is 13.8 Å². The van der Waals surface area contributed by atoms with E-state index in [0.29, 0.717) is 12.5 Å². The van der Waals surface area contributed by atoms with E-state index in [2.05, 4.69) is 0 Å². The molecule has 0 N–H and O–H groups in total. The van der Waals surface area contributed by atoms with Gasteiger partial charge in [-0.2, -0.15) is 4.20 Å². The summed E-state index contributed by atoms with van der Waals surface area (Å²) in [6.07, 6.45) is 0. The maximum Gasteiger partial charge on any atom is 0.216 e. The fourth-order valence-electron chi connectivity index (χ4n) is 0.252. The Labute approximate surface area is 51.2 Å². The first-order valence-corrected chi connectivity index (χ1v) is 4.25. The Morgan fingerprint density at radius 1 is 1.62 bits per heavy atom. The van der Waals surface area contributed by atoms with Gasteiger partial charge in [0.05, 0.1) is 6.61 Å². The van der Waals surface area contributed by atoms with Crippen LogP contribution in [0.4, 0.5) is 4.20 Å².